The van der Waals surface area contributed by atoms with Crippen LogP contribution in [0.2, 0.25) is 5.02 Å². The van der Waals surface area contributed by atoms with E-state index in [4.69, 9.17) is 26.8 Å². The van der Waals surface area contributed by atoms with Crippen molar-refractivity contribution in [1.29, 1.82) is 0 Å². The zero-order valence-electron chi connectivity index (χ0n) is 15.7. The predicted octanol–water partition coefficient (Wildman–Crippen LogP) is 1.82. The molecule has 1 saturated heterocycles. The van der Waals surface area contributed by atoms with Crippen LogP contribution in [-0.2, 0) is 11.2 Å². The standard InChI is InChI=1S/C19H27ClN4O3/c1-22-19(24-6-2-3-14(12-24)11-17(21)25)23-5-4-13-9-15(20)18-16(10-13)26-7-8-27-18/h9-10,14H,2-8,11-12H2,1H3,(H2,21,25)(H,22,23). The third-order valence-corrected chi connectivity index (χ3v) is 5.15. The van der Waals surface area contributed by atoms with Gasteiger partial charge >= 0.3 is 0 Å². The smallest absolute Gasteiger partial charge is 0.217 e. The number of nitrogens with one attached hydrogen (secondary N) is 1. The number of benzene rings is 1. The van der Waals surface area contributed by atoms with Gasteiger partial charge in [0.2, 0.25) is 5.91 Å². The molecule has 1 amide bonds. The molecule has 2 aliphatic rings. The van der Waals surface area contributed by atoms with Crippen LogP contribution in [0.5, 0.6) is 11.5 Å². The Labute approximate surface area is 164 Å². The van der Waals surface area contributed by atoms with Crippen molar-refractivity contribution < 1.29 is 14.3 Å². The zero-order chi connectivity index (χ0) is 19.2. The first kappa shape index (κ1) is 19.6. The number of carbonyl (C=O) groups is 1. The minimum atomic E-state index is -0.236. The lowest BCUT2D eigenvalue weighted by atomic mass is 9.95. The van der Waals surface area contributed by atoms with Crippen LogP contribution in [0.1, 0.15) is 24.8 Å². The number of aliphatic imine (C=N–C) groups is 1. The number of fused-ring (bicyclic) bond motifs is 1. The third kappa shape index (κ3) is 5.19. The van der Waals surface area contributed by atoms with Crippen LogP contribution in [0.4, 0.5) is 0 Å². The fourth-order valence-corrected chi connectivity index (χ4v) is 3.96. The highest BCUT2D eigenvalue weighted by atomic mass is 35.5. The molecule has 1 aromatic carbocycles. The Morgan fingerprint density at radius 2 is 2.22 bits per heavy atom. The summed E-state index contributed by atoms with van der Waals surface area (Å²) in [4.78, 5) is 17.8. The number of carbonyl (C=O) groups excluding carboxylic acids is 1. The second kappa shape index (κ2) is 9.17. The highest BCUT2D eigenvalue weighted by Gasteiger charge is 2.23. The number of guanidine groups is 1. The average molecular weight is 395 g/mol. The topological polar surface area (TPSA) is 89.2 Å². The molecule has 3 rings (SSSR count). The number of likely N-dealkylation sites (tertiary alicyclic amines) is 1. The van der Waals surface area contributed by atoms with Gasteiger partial charge in [0.05, 0.1) is 5.02 Å². The molecule has 1 fully saturated rings. The molecule has 2 aliphatic heterocycles. The van der Waals surface area contributed by atoms with Crippen molar-refractivity contribution in [2.24, 2.45) is 16.6 Å². The van der Waals surface area contributed by atoms with E-state index in [0.29, 0.717) is 42.1 Å². The number of primary amides is 1. The predicted molar refractivity (Wildman–Crippen MR) is 106 cm³/mol. The molecule has 27 heavy (non-hydrogen) atoms. The van der Waals surface area contributed by atoms with Gasteiger partial charge in [-0.1, -0.05) is 11.6 Å². The Balaban J connectivity index is 1.54. The Kier molecular flexibility index (Phi) is 6.66. The number of rotatable bonds is 5. The maximum Gasteiger partial charge on any atom is 0.217 e. The van der Waals surface area contributed by atoms with Crippen LogP contribution in [0.3, 0.4) is 0 Å². The molecular formula is C19H27ClN4O3. The monoisotopic (exact) mass is 394 g/mol. The summed E-state index contributed by atoms with van der Waals surface area (Å²) in [6.07, 6.45) is 3.29. The van der Waals surface area contributed by atoms with Crippen molar-refractivity contribution in [1.82, 2.24) is 10.2 Å². The van der Waals surface area contributed by atoms with E-state index in [2.05, 4.69) is 15.2 Å². The summed E-state index contributed by atoms with van der Waals surface area (Å²) in [5, 5.41) is 3.99. The van der Waals surface area contributed by atoms with Gasteiger partial charge in [-0.05, 0) is 42.9 Å². The van der Waals surface area contributed by atoms with Crippen LogP contribution in [-0.4, -0.2) is 56.7 Å². The van der Waals surface area contributed by atoms with Crippen LogP contribution >= 0.6 is 11.6 Å². The summed E-state index contributed by atoms with van der Waals surface area (Å²) in [5.74, 6) is 2.25. The summed E-state index contributed by atoms with van der Waals surface area (Å²) in [5.41, 5.74) is 6.43. The first-order chi connectivity index (χ1) is 13.1. The van der Waals surface area contributed by atoms with Crippen molar-refractivity contribution >= 4 is 23.5 Å². The van der Waals surface area contributed by atoms with E-state index in [1.54, 1.807) is 7.05 Å². The molecule has 1 unspecified atom stereocenters. The number of hydrogen-bond donors (Lipinski definition) is 2. The van der Waals surface area contributed by atoms with Crippen molar-refractivity contribution in [3.05, 3.63) is 22.7 Å². The van der Waals surface area contributed by atoms with Gasteiger partial charge in [0.25, 0.3) is 0 Å². The Bertz CT molecular complexity index is 710. The van der Waals surface area contributed by atoms with Crippen molar-refractivity contribution in [2.45, 2.75) is 25.7 Å². The van der Waals surface area contributed by atoms with Crippen LogP contribution in [0, 0.1) is 5.92 Å². The normalized spacial score (nSPS) is 19.7. The van der Waals surface area contributed by atoms with Crippen LogP contribution < -0.4 is 20.5 Å². The average Bonchev–Trinajstić information content (AvgIpc) is 2.65. The molecule has 1 aromatic rings. The van der Waals surface area contributed by atoms with Gasteiger partial charge in [-0.25, -0.2) is 0 Å². The molecule has 0 aliphatic carbocycles. The maximum atomic E-state index is 11.2. The number of amides is 1. The molecule has 0 spiro atoms. The highest BCUT2D eigenvalue weighted by Crippen LogP contribution is 2.38. The SMILES string of the molecule is CN=C(NCCc1cc(Cl)c2c(c1)OCCO2)N1CCCC(CC(N)=O)C1. The summed E-state index contributed by atoms with van der Waals surface area (Å²) >= 11 is 6.30. The molecule has 0 saturated carbocycles. The number of hydrogen-bond acceptors (Lipinski definition) is 4. The highest BCUT2D eigenvalue weighted by molar-refractivity contribution is 6.32. The van der Waals surface area contributed by atoms with Crippen LogP contribution in [0.25, 0.3) is 0 Å². The van der Waals surface area contributed by atoms with Gasteiger partial charge < -0.3 is 25.4 Å². The summed E-state index contributed by atoms with van der Waals surface area (Å²) in [7, 11) is 1.78. The lowest BCUT2D eigenvalue weighted by Gasteiger charge is -2.34. The van der Waals surface area contributed by atoms with Crippen molar-refractivity contribution in [3.8, 4) is 11.5 Å². The molecule has 2 heterocycles. The molecule has 8 heteroatoms. The van der Waals surface area contributed by atoms with E-state index in [9.17, 15) is 4.79 Å². The van der Waals surface area contributed by atoms with E-state index < -0.39 is 0 Å². The minimum absolute atomic E-state index is 0.236. The zero-order valence-corrected chi connectivity index (χ0v) is 16.4. The van der Waals surface area contributed by atoms with E-state index in [-0.39, 0.29) is 5.91 Å². The Morgan fingerprint density at radius 1 is 1.41 bits per heavy atom. The molecule has 0 aromatic heterocycles. The first-order valence-corrected chi connectivity index (χ1v) is 9.76. The fraction of sp³-hybridized carbons (Fsp3) is 0.579. The van der Waals surface area contributed by atoms with Crippen molar-refractivity contribution in [2.75, 3.05) is 39.9 Å². The largest absolute Gasteiger partial charge is 0.486 e. The Hall–Kier alpha value is -2.15. The molecule has 0 radical (unpaired) electrons. The number of halogens is 1. The van der Waals surface area contributed by atoms with Gasteiger partial charge in [0.15, 0.2) is 17.5 Å². The molecule has 1 atom stereocenters. The quantitative estimate of drug-likeness (QED) is 0.587. The summed E-state index contributed by atoms with van der Waals surface area (Å²) in [6.45, 7) is 3.53. The van der Waals surface area contributed by atoms with Gasteiger partial charge in [-0.2, -0.15) is 0 Å². The van der Waals surface area contributed by atoms with Crippen LogP contribution in [0.15, 0.2) is 17.1 Å². The van der Waals surface area contributed by atoms with Gasteiger partial charge in [-0.15, -0.1) is 0 Å². The number of nitrogens with two attached hydrogens (primary N) is 1. The lowest BCUT2D eigenvalue weighted by molar-refractivity contribution is -0.119. The number of nitrogens with zero attached hydrogens (tertiary/aromatic N) is 2. The van der Waals surface area contributed by atoms with Crippen molar-refractivity contribution in [3.63, 3.8) is 0 Å². The molecule has 7 nitrogen and oxygen atoms in total. The number of piperidine rings is 1. The fourth-order valence-electron chi connectivity index (χ4n) is 3.67. The van der Waals surface area contributed by atoms with Gasteiger partial charge in [0, 0.05) is 33.1 Å². The van der Waals surface area contributed by atoms with E-state index in [1.807, 2.05) is 12.1 Å². The maximum absolute atomic E-state index is 11.2. The van der Waals surface area contributed by atoms with Gasteiger partial charge in [-0.3, -0.25) is 9.79 Å². The van der Waals surface area contributed by atoms with Gasteiger partial charge in [0.1, 0.15) is 13.2 Å². The number of ether oxygens (including phenoxy) is 2. The third-order valence-electron chi connectivity index (χ3n) is 4.87. The molecule has 148 valence electrons. The molecular weight excluding hydrogens is 368 g/mol. The summed E-state index contributed by atoms with van der Waals surface area (Å²) < 4.78 is 11.2. The Morgan fingerprint density at radius 3 is 3.00 bits per heavy atom. The summed E-state index contributed by atoms with van der Waals surface area (Å²) in [6, 6.07) is 3.90. The minimum Gasteiger partial charge on any atom is -0.486 e. The molecule has 0 bridgehead atoms. The second-order valence-electron chi connectivity index (χ2n) is 6.95. The van der Waals surface area contributed by atoms with E-state index in [0.717, 1.165) is 50.4 Å². The lowest BCUT2D eigenvalue weighted by Crippen LogP contribution is -2.47. The second-order valence-corrected chi connectivity index (χ2v) is 7.36. The van der Waals surface area contributed by atoms with E-state index in [1.165, 1.54) is 0 Å². The molecule has 3 N–H and O–H groups in total. The van der Waals surface area contributed by atoms with E-state index >= 15 is 0 Å². The first-order valence-electron chi connectivity index (χ1n) is 9.38.